The van der Waals surface area contributed by atoms with Crippen molar-refractivity contribution in [2.24, 2.45) is 5.73 Å². The van der Waals surface area contributed by atoms with Crippen molar-refractivity contribution in [2.75, 3.05) is 20.2 Å². The van der Waals surface area contributed by atoms with Gasteiger partial charge in [-0.2, -0.15) is 0 Å². The van der Waals surface area contributed by atoms with Crippen molar-refractivity contribution in [3.8, 4) is 0 Å². The molecule has 1 aromatic rings. The lowest BCUT2D eigenvalue weighted by Gasteiger charge is -2.23. The Bertz CT molecular complexity index is 359. The summed E-state index contributed by atoms with van der Waals surface area (Å²) in [6, 6.07) is 9.20. The van der Waals surface area contributed by atoms with E-state index in [1.165, 1.54) is 30.5 Å². The molecule has 0 aromatic heterocycles. The largest absolute Gasteiger partial charge is 0.380 e. The Balaban J connectivity index is 0.00000162. The smallest absolute Gasteiger partial charge is 0.0713 e. The predicted molar refractivity (Wildman–Crippen MR) is 76.9 cm³/mol. The molecule has 1 atom stereocenters. The number of nitrogens with zero attached hydrogens (tertiary/aromatic N) is 1. The van der Waals surface area contributed by atoms with Gasteiger partial charge < -0.3 is 10.5 Å². The third-order valence-electron chi connectivity index (χ3n) is 3.46. The summed E-state index contributed by atoms with van der Waals surface area (Å²) < 4.78 is 5.16. The molecule has 0 saturated carbocycles. The van der Waals surface area contributed by atoms with E-state index >= 15 is 0 Å². The normalized spacial score (nSPS) is 19.8. The van der Waals surface area contributed by atoms with Crippen LogP contribution in [-0.4, -0.2) is 31.1 Å². The molecule has 1 heterocycles. The molecule has 0 aliphatic carbocycles. The monoisotopic (exact) mass is 270 g/mol. The number of rotatable bonds is 5. The maximum absolute atomic E-state index is 5.79. The minimum Gasteiger partial charge on any atom is -0.380 e. The van der Waals surface area contributed by atoms with Crippen molar-refractivity contribution >= 4 is 12.4 Å². The zero-order valence-corrected chi connectivity index (χ0v) is 11.8. The SMILES string of the molecule is COCc1cccc(CN2CCCC2CN)c1.Cl. The summed E-state index contributed by atoms with van der Waals surface area (Å²) in [4.78, 5) is 2.49. The molecule has 0 bridgehead atoms. The standard InChI is InChI=1S/C14H22N2O.ClH/c1-17-11-13-5-2-4-12(8-13)10-16-7-3-6-14(16)9-15;/h2,4-5,8,14H,3,6-7,9-11,15H2,1H3;1H. The van der Waals surface area contributed by atoms with E-state index in [1.807, 2.05) is 0 Å². The fraction of sp³-hybridized carbons (Fsp3) is 0.571. The fourth-order valence-electron chi connectivity index (χ4n) is 2.59. The second-order valence-electron chi connectivity index (χ2n) is 4.76. The number of hydrogen-bond donors (Lipinski definition) is 1. The molecule has 1 aliphatic heterocycles. The van der Waals surface area contributed by atoms with Crippen LogP contribution in [0.4, 0.5) is 0 Å². The van der Waals surface area contributed by atoms with Crippen LogP contribution in [0.1, 0.15) is 24.0 Å². The van der Waals surface area contributed by atoms with Crippen molar-refractivity contribution in [2.45, 2.75) is 32.0 Å². The summed E-state index contributed by atoms with van der Waals surface area (Å²) >= 11 is 0. The number of hydrogen-bond acceptors (Lipinski definition) is 3. The number of methoxy groups -OCH3 is 1. The van der Waals surface area contributed by atoms with Crippen LogP contribution in [0.25, 0.3) is 0 Å². The average Bonchev–Trinajstić information content (AvgIpc) is 2.77. The minimum absolute atomic E-state index is 0. The fourth-order valence-corrected chi connectivity index (χ4v) is 2.59. The Kier molecular flexibility index (Phi) is 6.65. The molecule has 2 N–H and O–H groups in total. The van der Waals surface area contributed by atoms with Gasteiger partial charge in [-0.15, -0.1) is 12.4 Å². The number of likely N-dealkylation sites (tertiary alicyclic amines) is 1. The van der Waals surface area contributed by atoms with Crippen molar-refractivity contribution in [3.63, 3.8) is 0 Å². The predicted octanol–water partition coefficient (Wildman–Crippen LogP) is 2.18. The minimum atomic E-state index is 0. The quantitative estimate of drug-likeness (QED) is 0.891. The van der Waals surface area contributed by atoms with Crippen LogP contribution in [0.2, 0.25) is 0 Å². The first-order chi connectivity index (χ1) is 8.33. The van der Waals surface area contributed by atoms with Crippen molar-refractivity contribution < 1.29 is 4.74 Å². The second kappa shape index (κ2) is 7.74. The van der Waals surface area contributed by atoms with Gasteiger partial charge in [0.15, 0.2) is 0 Å². The summed E-state index contributed by atoms with van der Waals surface area (Å²) in [5, 5.41) is 0. The molecule has 4 heteroatoms. The maximum Gasteiger partial charge on any atom is 0.0713 e. The molecule has 1 aromatic carbocycles. The van der Waals surface area contributed by atoms with Crippen LogP contribution >= 0.6 is 12.4 Å². The van der Waals surface area contributed by atoms with Crippen LogP contribution in [0.3, 0.4) is 0 Å². The van der Waals surface area contributed by atoms with E-state index in [4.69, 9.17) is 10.5 Å². The molecule has 2 rings (SSSR count). The summed E-state index contributed by atoms with van der Waals surface area (Å²) in [7, 11) is 1.73. The highest BCUT2D eigenvalue weighted by Gasteiger charge is 2.22. The van der Waals surface area contributed by atoms with E-state index < -0.39 is 0 Å². The van der Waals surface area contributed by atoms with E-state index in [2.05, 4.69) is 29.2 Å². The molecule has 1 aliphatic rings. The van der Waals surface area contributed by atoms with Gasteiger partial charge in [-0.1, -0.05) is 24.3 Å². The Hall–Kier alpha value is -0.610. The van der Waals surface area contributed by atoms with Crippen molar-refractivity contribution in [1.82, 2.24) is 4.90 Å². The molecule has 102 valence electrons. The number of halogens is 1. The lowest BCUT2D eigenvalue weighted by Crippen LogP contribution is -2.34. The molecular formula is C14H23ClN2O. The van der Waals surface area contributed by atoms with E-state index in [1.54, 1.807) is 7.11 Å². The zero-order valence-electron chi connectivity index (χ0n) is 11.0. The van der Waals surface area contributed by atoms with E-state index in [0.717, 1.165) is 13.1 Å². The first-order valence-electron chi connectivity index (χ1n) is 6.34. The van der Waals surface area contributed by atoms with E-state index in [-0.39, 0.29) is 12.4 Å². The molecule has 0 spiro atoms. The highest BCUT2D eigenvalue weighted by Crippen LogP contribution is 2.19. The Morgan fingerprint density at radius 1 is 1.39 bits per heavy atom. The van der Waals surface area contributed by atoms with Crippen molar-refractivity contribution in [1.29, 1.82) is 0 Å². The molecule has 0 amide bonds. The summed E-state index contributed by atoms with van der Waals surface area (Å²) in [5.41, 5.74) is 8.40. The molecule has 1 saturated heterocycles. The Morgan fingerprint density at radius 3 is 2.89 bits per heavy atom. The van der Waals surface area contributed by atoms with Gasteiger partial charge in [-0.05, 0) is 30.5 Å². The van der Waals surface area contributed by atoms with Crippen molar-refractivity contribution in [3.05, 3.63) is 35.4 Å². The van der Waals surface area contributed by atoms with Crippen LogP contribution in [0, 0.1) is 0 Å². The van der Waals surface area contributed by atoms with Gasteiger partial charge in [0.25, 0.3) is 0 Å². The topological polar surface area (TPSA) is 38.5 Å². The Labute approximate surface area is 116 Å². The van der Waals surface area contributed by atoms with Crippen LogP contribution < -0.4 is 5.73 Å². The van der Waals surface area contributed by atoms with Gasteiger partial charge in [-0.25, -0.2) is 0 Å². The summed E-state index contributed by atoms with van der Waals surface area (Å²) in [6.45, 7) is 3.65. The number of nitrogens with two attached hydrogens (primary N) is 1. The van der Waals surface area contributed by atoms with Crippen LogP contribution in [0.15, 0.2) is 24.3 Å². The third-order valence-corrected chi connectivity index (χ3v) is 3.46. The van der Waals surface area contributed by atoms with Gasteiger partial charge >= 0.3 is 0 Å². The second-order valence-corrected chi connectivity index (χ2v) is 4.76. The number of ether oxygens (including phenoxy) is 1. The molecule has 18 heavy (non-hydrogen) atoms. The van der Waals surface area contributed by atoms with Gasteiger partial charge in [-0.3, -0.25) is 4.90 Å². The molecular weight excluding hydrogens is 248 g/mol. The molecule has 1 fully saturated rings. The first kappa shape index (κ1) is 15.4. The van der Waals surface area contributed by atoms with E-state index in [0.29, 0.717) is 12.6 Å². The molecule has 1 unspecified atom stereocenters. The summed E-state index contributed by atoms with van der Waals surface area (Å²) in [6.07, 6.45) is 2.52. The average molecular weight is 271 g/mol. The lowest BCUT2D eigenvalue weighted by molar-refractivity contribution is 0.184. The zero-order chi connectivity index (χ0) is 12.1. The van der Waals surface area contributed by atoms with Gasteiger partial charge in [0, 0.05) is 26.2 Å². The molecule has 3 nitrogen and oxygen atoms in total. The Morgan fingerprint density at radius 2 is 2.17 bits per heavy atom. The van der Waals surface area contributed by atoms with Crippen LogP contribution in [-0.2, 0) is 17.9 Å². The van der Waals surface area contributed by atoms with Gasteiger partial charge in [0.1, 0.15) is 0 Å². The maximum atomic E-state index is 5.79. The van der Waals surface area contributed by atoms with Gasteiger partial charge in [0.2, 0.25) is 0 Å². The lowest BCUT2D eigenvalue weighted by atomic mass is 10.1. The number of benzene rings is 1. The van der Waals surface area contributed by atoms with E-state index in [9.17, 15) is 0 Å². The highest BCUT2D eigenvalue weighted by molar-refractivity contribution is 5.85. The third kappa shape index (κ3) is 3.95. The first-order valence-corrected chi connectivity index (χ1v) is 6.34. The van der Waals surface area contributed by atoms with Crippen LogP contribution in [0.5, 0.6) is 0 Å². The van der Waals surface area contributed by atoms with Gasteiger partial charge in [0.05, 0.1) is 6.61 Å². The summed E-state index contributed by atoms with van der Waals surface area (Å²) in [5.74, 6) is 0. The highest BCUT2D eigenvalue weighted by atomic mass is 35.5. The molecule has 0 radical (unpaired) electrons.